The molecule has 0 aliphatic heterocycles. The molecule has 2 rings (SSSR count). The minimum absolute atomic E-state index is 0.147. The molecular weight excluding hydrogens is 250 g/mol. The van der Waals surface area contributed by atoms with Crippen molar-refractivity contribution in [1.29, 1.82) is 0 Å². The van der Waals surface area contributed by atoms with E-state index in [0.29, 0.717) is 11.4 Å². The molecule has 0 atom stereocenters. The van der Waals surface area contributed by atoms with Gasteiger partial charge in [0.1, 0.15) is 5.56 Å². The molecule has 19 heavy (non-hydrogen) atoms. The Bertz CT molecular complexity index is 719. The maximum Gasteiger partial charge on any atom is 0.291 e. The Morgan fingerprint density at radius 3 is 2.53 bits per heavy atom. The highest BCUT2D eigenvalue weighted by molar-refractivity contribution is 5.98. The number of carbonyl (C=O) groups is 1. The van der Waals surface area contributed by atoms with Crippen LogP contribution in [0.5, 0.6) is 0 Å². The van der Waals surface area contributed by atoms with Gasteiger partial charge >= 0.3 is 0 Å². The number of H-pyrrole nitrogens is 2. The van der Waals surface area contributed by atoms with Gasteiger partial charge in [0, 0.05) is 7.05 Å². The summed E-state index contributed by atoms with van der Waals surface area (Å²) in [5.41, 5.74) is 6.23. The Morgan fingerprint density at radius 2 is 2.00 bits per heavy atom. The van der Waals surface area contributed by atoms with Crippen LogP contribution in [0, 0.1) is 13.8 Å². The van der Waals surface area contributed by atoms with Gasteiger partial charge in [0.2, 0.25) is 0 Å². The summed E-state index contributed by atoms with van der Waals surface area (Å²) in [6, 6.07) is 0. The second-order valence-electron chi connectivity index (χ2n) is 4.02. The Labute approximate surface area is 107 Å². The summed E-state index contributed by atoms with van der Waals surface area (Å²) in [7, 11) is 1.61. The summed E-state index contributed by atoms with van der Waals surface area (Å²) < 4.78 is 1.38. The van der Waals surface area contributed by atoms with Crippen molar-refractivity contribution in [2.24, 2.45) is 23.0 Å². The molecule has 2 aromatic heterocycles. The van der Waals surface area contributed by atoms with Crippen LogP contribution in [0.1, 0.15) is 21.7 Å². The highest BCUT2D eigenvalue weighted by atomic mass is 16.1. The topological polar surface area (TPSA) is 134 Å². The van der Waals surface area contributed by atoms with Crippen LogP contribution in [0.4, 0.5) is 11.5 Å². The lowest BCUT2D eigenvalue weighted by Gasteiger charge is -1.95. The molecule has 100 valence electrons. The van der Waals surface area contributed by atoms with Crippen LogP contribution in [0.25, 0.3) is 0 Å². The second-order valence-corrected chi connectivity index (χ2v) is 4.02. The van der Waals surface area contributed by atoms with Gasteiger partial charge in [-0.15, -0.1) is 10.2 Å². The van der Waals surface area contributed by atoms with Gasteiger partial charge in [-0.25, -0.2) is 4.68 Å². The first-order valence-corrected chi connectivity index (χ1v) is 5.44. The summed E-state index contributed by atoms with van der Waals surface area (Å²) in [5.74, 6) is -0.427. The number of rotatable bonds is 3. The normalized spacial score (nSPS) is 11.3. The number of carbonyl (C=O) groups excluding carboxylic acids is 1. The van der Waals surface area contributed by atoms with E-state index in [9.17, 15) is 9.59 Å². The van der Waals surface area contributed by atoms with Crippen molar-refractivity contribution < 1.29 is 4.79 Å². The molecular formula is C10H13N7O2. The predicted molar refractivity (Wildman–Crippen MR) is 66.8 cm³/mol. The monoisotopic (exact) mass is 263 g/mol. The summed E-state index contributed by atoms with van der Waals surface area (Å²) >= 11 is 0. The maximum atomic E-state index is 11.4. The molecule has 2 heterocycles. The van der Waals surface area contributed by atoms with E-state index in [0.717, 1.165) is 0 Å². The van der Waals surface area contributed by atoms with Crippen LogP contribution in [0.2, 0.25) is 0 Å². The number of aryl methyl sites for hydroxylation is 3. The Morgan fingerprint density at radius 1 is 1.32 bits per heavy atom. The average Bonchev–Trinajstić information content (AvgIpc) is 2.77. The minimum atomic E-state index is -0.640. The van der Waals surface area contributed by atoms with Crippen LogP contribution in [0.3, 0.4) is 0 Å². The highest BCUT2D eigenvalue weighted by Crippen LogP contribution is 2.23. The molecule has 9 nitrogen and oxygen atoms in total. The zero-order chi connectivity index (χ0) is 14.2. The molecule has 2 aromatic rings. The highest BCUT2D eigenvalue weighted by Gasteiger charge is 2.18. The first kappa shape index (κ1) is 12.7. The van der Waals surface area contributed by atoms with E-state index >= 15 is 0 Å². The van der Waals surface area contributed by atoms with E-state index in [2.05, 4.69) is 25.5 Å². The van der Waals surface area contributed by atoms with Crippen molar-refractivity contribution in [2.45, 2.75) is 13.8 Å². The fourth-order valence-electron chi connectivity index (χ4n) is 1.71. The molecule has 0 aromatic carbocycles. The SMILES string of the molecule is Cc1nn(C)c(N=Nc2c(C)[nH][nH]c2=O)c1C(N)=O. The van der Waals surface area contributed by atoms with E-state index in [1.54, 1.807) is 20.9 Å². The minimum Gasteiger partial charge on any atom is -0.365 e. The van der Waals surface area contributed by atoms with Gasteiger partial charge in [-0.2, -0.15) is 5.10 Å². The maximum absolute atomic E-state index is 11.4. The molecule has 0 aliphatic rings. The van der Waals surface area contributed by atoms with Crippen molar-refractivity contribution in [1.82, 2.24) is 20.0 Å². The van der Waals surface area contributed by atoms with Gasteiger partial charge < -0.3 is 10.8 Å². The molecule has 0 spiro atoms. The fraction of sp³-hybridized carbons (Fsp3) is 0.300. The molecule has 0 fully saturated rings. The smallest absolute Gasteiger partial charge is 0.291 e. The number of primary amides is 1. The molecule has 0 radical (unpaired) electrons. The van der Waals surface area contributed by atoms with Gasteiger partial charge in [-0.05, 0) is 13.8 Å². The summed E-state index contributed by atoms with van der Waals surface area (Å²) in [5, 5.41) is 16.8. The fourth-order valence-corrected chi connectivity index (χ4v) is 1.71. The second kappa shape index (κ2) is 4.52. The predicted octanol–water partition coefficient (Wildman–Crippen LogP) is 0.568. The molecule has 9 heteroatoms. The molecule has 0 saturated heterocycles. The van der Waals surface area contributed by atoms with Gasteiger partial charge in [0.25, 0.3) is 11.5 Å². The van der Waals surface area contributed by atoms with Crippen LogP contribution in [0.15, 0.2) is 15.0 Å². The van der Waals surface area contributed by atoms with Crippen molar-refractivity contribution in [3.8, 4) is 0 Å². The van der Waals surface area contributed by atoms with Gasteiger partial charge in [0.05, 0.1) is 11.4 Å². The summed E-state index contributed by atoms with van der Waals surface area (Å²) in [6.45, 7) is 3.32. The number of nitrogens with zero attached hydrogens (tertiary/aromatic N) is 4. The largest absolute Gasteiger partial charge is 0.365 e. The van der Waals surface area contributed by atoms with Crippen molar-refractivity contribution in [3.63, 3.8) is 0 Å². The Hall–Kier alpha value is -2.71. The number of nitrogens with one attached hydrogen (secondary N) is 2. The Kier molecular flexibility index (Phi) is 3.03. The zero-order valence-corrected chi connectivity index (χ0v) is 10.7. The third kappa shape index (κ3) is 2.17. The lowest BCUT2D eigenvalue weighted by molar-refractivity contribution is 0.100. The number of hydrogen-bond donors (Lipinski definition) is 3. The number of aromatic amines is 2. The summed E-state index contributed by atoms with van der Waals surface area (Å²) in [6.07, 6.45) is 0. The van der Waals surface area contributed by atoms with Crippen LogP contribution < -0.4 is 11.3 Å². The lowest BCUT2D eigenvalue weighted by atomic mass is 10.2. The van der Waals surface area contributed by atoms with E-state index in [4.69, 9.17) is 5.73 Å². The quantitative estimate of drug-likeness (QED) is 0.698. The van der Waals surface area contributed by atoms with E-state index in [-0.39, 0.29) is 22.6 Å². The third-order valence-electron chi connectivity index (χ3n) is 2.62. The van der Waals surface area contributed by atoms with E-state index < -0.39 is 5.91 Å². The molecule has 0 saturated carbocycles. The third-order valence-corrected chi connectivity index (χ3v) is 2.62. The van der Waals surface area contributed by atoms with Crippen molar-refractivity contribution in [2.75, 3.05) is 0 Å². The van der Waals surface area contributed by atoms with E-state index in [1.165, 1.54) is 4.68 Å². The van der Waals surface area contributed by atoms with Crippen LogP contribution in [-0.2, 0) is 7.05 Å². The van der Waals surface area contributed by atoms with Crippen molar-refractivity contribution >= 4 is 17.4 Å². The number of aromatic nitrogens is 4. The molecule has 0 aliphatic carbocycles. The van der Waals surface area contributed by atoms with Gasteiger partial charge in [-0.1, -0.05) is 0 Å². The molecule has 4 N–H and O–H groups in total. The first-order valence-electron chi connectivity index (χ1n) is 5.44. The van der Waals surface area contributed by atoms with Crippen LogP contribution in [-0.4, -0.2) is 25.9 Å². The van der Waals surface area contributed by atoms with Crippen LogP contribution >= 0.6 is 0 Å². The standard InChI is InChI=1S/C10H13N7O2/c1-4-6(8(11)18)9(17(3)16-4)14-13-7-5(2)12-15-10(7)19/h1-3H3,(H2,11,18)(H2,12,15,19). The lowest BCUT2D eigenvalue weighted by Crippen LogP contribution is -2.11. The Balaban J connectivity index is 2.50. The average molecular weight is 263 g/mol. The zero-order valence-electron chi connectivity index (χ0n) is 10.7. The number of amides is 1. The number of azo groups is 1. The molecule has 0 unspecified atom stereocenters. The summed E-state index contributed by atoms with van der Waals surface area (Å²) in [4.78, 5) is 22.8. The van der Waals surface area contributed by atoms with Crippen molar-refractivity contribution in [3.05, 3.63) is 27.3 Å². The molecule has 0 bridgehead atoms. The van der Waals surface area contributed by atoms with E-state index in [1.807, 2.05) is 0 Å². The molecule has 1 amide bonds. The first-order chi connectivity index (χ1) is 8.91. The number of hydrogen-bond acceptors (Lipinski definition) is 5. The van der Waals surface area contributed by atoms with Gasteiger partial charge in [0.15, 0.2) is 11.5 Å². The van der Waals surface area contributed by atoms with Gasteiger partial charge in [-0.3, -0.25) is 14.7 Å². The number of nitrogens with two attached hydrogens (primary N) is 1.